The summed E-state index contributed by atoms with van der Waals surface area (Å²) >= 11 is 0. The van der Waals surface area contributed by atoms with Gasteiger partial charge in [0, 0.05) is 26.3 Å². The summed E-state index contributed by atoms with van der Waals surface area (Å²) < 4.78 is 48.8. The predicted octanol–water partition coefficient (Wildman–Crippen LogP) is 4.17. The lowest BCUT2D eigenvalue weighted by Gasteiger charge is -2.37. The van der Waals surface area contributed by atoms with Crippen LogP contribution < -0.4 is 20.5 Å². The second-order valence-corrected chi connectivity index (χ2v) is 12.6. The topological polar surface area (TPSA) is 133 Å². The number of nitrogens with one attached hydrogen (secondary N) is 1. The summed E-state index contributed by atoms with van der Waals surface area (Å²) in [5, 5.41) is 2.87. The van der Waals surface area contributed by atoms with Crippen LogP contribution in [0.15, 0.2) is 93.2 Å². The van der Waals surface area contributed by atoms with Gasteiger partial charge in [0.05, 0.1) is 34.8 Å². The van der Waals surface area contributed by atoms with Crippen LogP contribution in [0.25, 0.3) is 11.1 Å². The Hall–Kier alpha value is -4.94. The Morgan fingerprint density at radius 2 is 1.84 bits per heavy atom. The van der Waals surface area contributed by atoms with Crippen molar-refractivity contribution in [3.8, 4) is 17.2 Å². The fraction of sp³-hybridized carbons (Fsp3) is 0.219. The van der Waals surface area contributed by atoms with Crippen LogP contribution in [0, 0.1) is 0 Å². The van der Waals surface area contributed by atoms with E-state index in [9.17, 15) is 18.0 Å². The molecule has 11 nitrogen and oxygen atoms in total. The number of sulfonamides is 1. The van der Waals surface area contributed by atoms with Crippen molar-refractivity contribution >= 4 is 27.0 Å². The van der Waals surface area contributed by atoms with Gasteiger partial charge in [0.25, 0.3) is 5.91 Å². The molecule has 0 aliphatic carbocycles. The van der Waals surface area contributed by atoms with Crippen LogP contribution in [-0.2, 0) is 23.5 Å². The van der Waals surface area contributed by atoms with Gasteiger partial charge in [-0.25, -0.2) is 13.2 Å². The first kappa shape index (κ1) is 27.9. The molecule has 3 aliphatic rings. The van der Waals surface area contributed by atoms with Crippen molar-refractivity contribution < 1.29 is 27.1 Å². The first-order valence-corrected chi connectivity index (χ1v) is 15.6. The smallest absolute Gasteiger partial charge is 0.419 e. The highest BCUT2D eigenvalue weighted by Crippen LogP contribution is 2.41. The van der Waals surface area contributed by atoms with Crippen LogP contribution in [0.2, 0.25) is 0 Å². The molecule has 1 amide bonds. The molecule has 2 aromatic heterocycles. The molecule has 0 fully saturated rings. The van der Waals surface area contributed by atoms with Crippen LogP contribution in [0.4, 0.5) is 0 Å². The van der Waals surface area contributed by atoms with Gasteiger partial charge in [-0.3, -0.25) is 14.3 Å². The average molecular weight is 613 g/mol. The standard InChI is InChI=1S/C32H28N4O7S/c1-35-28-17-26(7-9-29(28)43-32(35)38)44(39,40)36-12-10-20-14-24-6-8-27(20)30(36)21-4-2-5-23(15-21)41-13-3-11-34-31(37)22-16-25(42-24)19-33-18-22/h2,4-9,14-19,30H,3,10-13H2,1H3,(H,34,37). The zero-order valence-electron chi connectivity index (χ0n) is 23.7. The van der Waals surface area contributed by atoms with Crippen LogP contribution in [-0.4, -0.2) is 47.9 Å². The zero-order chi connectivity index (χ0) is 30.4. The number of rotatable bonds is 2. The van der Waals surface area contributed by atoms with Crippen molar-refractivity contribution in [2.24, 2.45) is 7.05 Å². The Kier molecular flexibility index (Phi) is 6.94. The van der Waals surface area contributed by atoms with Gasteiger partial charge in [-0.2, -0.15) is 4.31 Å². The van der Waals surface area contributed by atoms with Crippen LogP contribution in [0.1, 0.15) is 39.5 Å². The number of hydrogen-bond donors (Lipinski definition) is 1. The van der Waals surface area contributed by atoms with Crippen LogP contribution >= 0.6 is 0 Å². The van der Waals surface area contributed by atoms with Crippen LogP contribution in [0.5, 0.6) is 17.2 Å². The van der Waals surface area contributed by atoms with Crippen molar-refractivity contribution in [1.82, 2.24) is 19.2 Å². The monoisotopic (exact) mass is 612 g/mol. The molecule has 44 heavy (non-hydrogen) atoms. The lowest BCUT2D eigenvalue weighted by Crippen LogP contribution is -2.40. The Balaban J connectivity index is 1.34. The third-order valence-corrected chi connectivity index (χ3v) is 9.79. The minimum Gasteiger partial charge on any atom is -0.494 e. The van der Waals surface area contributed by atoms with E-state index in [1.165, 1.54) is 39.5 Å². The number of pyridine rings is 1. The van der Waals surface area contributed by atoms with Gasteiger partial charge < -0.3 is 19.2 Å². The maximum absolute atomic E-state index is 14.3. The van der Waals surface area contributed by atoms with E-state index < -0.39 is 21.8 Å². The van der Waals surface area contributed by atoms with Gasteiger partial charge in [0.2, 0.25) is 10.0 Å². The molecule has 8 rings (SSSR count). The van der Waals surface area contributed by atoms with Gasteiger partial charge in [0.1, 0.15) is 17.2 Å². The highest BCUT2D eigenvalue weighted by molar-refractivity contribution is 7.89. The maximum atomic E-state index is 14.3. The molecule has 1 N–H and O–H groups in total. The second kappa shape index (κ2) is 11.0. The molecule has 0 saturated heterocycles. The minimum absolute atomic E-state index is 0.0612. The number of ether oxygens (including phenoxy) is 2. The number of aromatic nitrogens is 2. The van der Waals surface area contributed by atoms with Crippen LogP contribution in [0.3, 0.4) is 0 Å². The summed E-state index contributed by atoms with van der Waals surface area (Å²) in [4.78, 5) is 29.0. The largest absolute Gasteiger partial charge is 0.494 e. The lowest BCUT2D eigenvalue weighted by atomic mass is 9.89. The molecule has 224 valence electrons. The second-order valence-electron chi connectivity index (χ2n) is 10.7. The number of oxazole rings is 1. The number of fused-ring (bicyclic) bond motifs is 7. The first-order chi connectivity index (χ1) is 21.3. The lowest BCUT2D eigenvalue weighted by molar-refractivity contribution is 0.0951. The summed E-state index contributed by atoms with van der Waals surface area (Å²) in [5.41, 5.74) is 3.57. The van der Waals surface area contributed by atoms with Crippen molar-refractivity contribution in [3.05, 3.63) is 112 Å². The van der Waals surface area contributed by atoms with E-state index >= 15 is 0 Å². The maximum Gasteiger partial charge on any atom is 0.419 e. The third kappa shape index (κ3) is 5.01. The van der Waals surface area contributed by atoms with Crippen molar-refractivity contribution in [2.75, 3.05) is 19.7 Å². The van der Waals surface area contributed by atoms with Gasteiger partial charge in [-0.15, -0.1) is 0 Å². The molecule has 3 aromatic carbocycles. The summed E-state index contributed by atoms with van der Waals surface area (Å²) in [5.74, 6) is 0.726. The van der Waals surface area contributed by atoms with Gasteiger partial charge in [-0.05, 0) is 78.1 Å². The van der Waals surface area contributed by atoms with Gasteiger partial charge in [-0.1, -0.05) is 18.2 Å². The quantitative estimate of drug-likeness (QED) is 0.314. The molecule has 5 aromatic rings. The summed E-state index contributed by atoms with van der Waals surface area (Å²) in [6, 6.07) is 18.4. The molecular weight excluding hydrogens is 584 g/mol. The van der Waals surface area contributed by atoms with E-state index in [-0.39, 0.29) is 17.3 Å². The number of nitrogens with zero attached hydrogens (tertiary/aromatic N) is 3. The molecule has 3 aliphatic heterocycles. The van der Waals surface area contributed by atoms with Gasteiger partial charge >= 0.3 is 5.76 Å². The number of amides is 1. The fourth-order valence-electron chi connectivity index (χ4n) is 5.73. The molecule has 8 bridgehead atoms. The Morgan fingerprint density at radius 1 is 0.955 bits per heavy atom. The summed E-state index contributed by atoms with van der Waals surface area (Å²) in [7, 11) is -2.50. The summed E-state index contributed by atoms with van der Waals surface area (Å²) in [6.07, 6.45) is 4.02. The highest BCUT2D eigenvalue weighted by atomic mass is 32.2. The number of benzene rings is 3. The van der Waals surface area contributed by atoms with E-state index in [2.05, 4.69) is 10.3 Å². The molecular formula is C32H28N4O7S. The normalized spacial score (nSPS) is 17.3. The number of hydrogen-bond acceptors (Lipinski definition) is 8. The van der Waals surface area contributed by atoms with Crippen molar-refractivity contribution in [1.29, 1.82) is 0 Å². The van der Waals surface area contributed by atoms with Gasteiger partial charge in [0.15, 0.2) is 5.58 Å². The Morgan fingerprint density at radius 3 is 2.73 bits per heavy atom. The van der Waals surface area contributed by atoms with Crippen molar-refractivity contribution in [3.63, 3.8) is 0 Å². The Bertz CT molecular complexity index is 2090. The van der Waals surface area contributed by atoms with E-state index in [0.717, 1.165) is 16.7 Å². The molecule has 0 spiro atoms. The summed E-state index contributed by atoms with van der Waals surface area (Å²) in [6.45, 7) is 0.949. The zero-order valence-corrected chi connectivity index (χ0v) is 24.5. The molecule has 0 radical (unpaired) electrons. The molecule has 0 saturated carbocycles. The third-order valence-electron chi connectivity index (χ3n) is 7.93. The predicted molar refractivity (Wildman–Crippen MR) is 161 cm³/mol. The molecule has 12 heteroatoms. The van der Waals surface area contributed by atoms with E-state index in [4.69, 9.17) is 13.9 Å². The first-order valence-electron chi connectivity index (χ1n) is 14.2. The fourth-order valence-corrected chi connectivity index (χ4v) is 7.34. The SMILES string of the molecule is Cn1c(=O)oc2ccc(S(=O)(=O)N3CCc4cc5ccc4C3c3cccc(c3)OCCCNC(=O)c3cncc(c3)O5)cc21. The van der Waals surface area contributed by atoms with E-state index in [1.54, 1.807) is 19.2 Å². The molecule has 5 heterocycles. The van der Waals surface area contributed by atoms with Crippen molar-refractivity contribution in [2.45, 2.75) is 23.8 Å². The number of aryl methyl sites for hydroxylation is 1. The molecule has 1 unspecified atom stereocenters. The molecule has 1 atom stereocenters. The number of carbonyl (C=O) groups is 1. The average Bonchev–Trinajstić information content (AvgIpc) is 3.32. The van der Waals surface area contributed by atoms with E-state index in [0.29, 0.717) is 59.9 Å². The highest BCUT2D eigenvalue weighted by Gasteiger charge is 2.38. The number of carbonyl (C=O) groups excluding carboxylic acids is 1. The van der Waals surface area contributed by atoms with E-state index in [1.807, 2.05) is 36.4 Å². The Labute approximate surface area is 252 Å². The minimum atomic E-state index is -4.04.